The molecule has 0 saturated heterocycles. The van der Waals surface area contributed by atoms with Gasteiger partial charge in [0, 0.05) is 5.56 Å². The summed E-state index contributed by atoms with van der Waals surface area (Å²) in [4.78, 5) is 3.32. The molecule has 0 spiro atoms. The topological polar surface area (TPSA) is 26.0 Å². The van der Waals surface area contributed by atoms with Crippen molar-refractivity contribution in [1.82, 2.24) is 4.98 Å². The molecule has 1 radical (unpaired) electrons. The molecule has 0 aliphatic carbocycles. The van der Waals surface area contributed by atoms with Crippen LogP contribution in [-0.4, -0.2) is 4.98 Å². The van der Waals surface area contributed by atoms with Crippen LogP contribution in [0.25, 0.3) is 11.5 Å². The summed E-state index contributed by atoms with van der Waals surface area (Å²) in [5.41, 5.74) is -3.24. The van der Waals surface area contributed by atoms with Crippen molar-refractivity contribution in [3.8, 4) is 11.5 Å². The molecule has 0 saturated carbocycles. The average molecular weight is 280 g/mol. The highest BCUT2D eigenvalue weighted by atomic mass is 19.4. The van der Waals surface area contributed by atoms with Crippen LogP contribution in [0.4, 0.5) is 26.3 Å². The summed E-state index contributed by atoms with van der Waals surface area (Å²) in [6.45, 7) is 0. The Kier molecular flexibility index (Phi) is 3.03. The number of nitrogens with zero attached hydrogens (tertiary/aromatic N) is 1. The fraction of sp³-hybridized carbons (Fsp3) is 0.182. The highest BCUT2D eigenvalue weighted by Crippen LogP contribution is 2.40. The first-order valence-electron chi connectivity index (χ1n) is 4.80. The molecule has 2 aromatic rings. The monoisotopic (exact) mass is 280 g/mol. The van der Waals surface area contributed by atoms with E-state index in [4.69, 9.17) is 0 Å². The first kappa shape index (κ1) is 13.4. The molecule has 0 amide bonds. The molecular formula is C11H4F6NO. The lowest BCUT2D eigenvalue weighted by Crippen LogP contribution is -2.11. The van der Waals surface area contributed by atoms with E-state index < -0.39 is 34.9 Å². The molecule has 1 aromatic heterocycles. The quantitative estimate of drug-likeness (QED) is 0.732. The van der Waals surface area contributed by atoms with Crippen molar-refractivity contribution in [2.45, 2.75) is 12.4 Å². The van der Waals surface area contributed by atoms with Gasteiger partial charge < -0.3 is 4.42 Å². The van der Waals surface area contributed by atoms with Crippen LogP contribution in [0.5, 0.6) is 0 Å². The summed E-state index contributed by atoms with van der Waals surface area (Å²) in [5, 5.41) is 0. The Morgan fingerprint density at radius 2 is 1.68 bits per heavy atom. The molecule has 0 atom stereocenters. The Morgan fingerprint density at radius 3 is 2.16 bits per heavy atom. The van der Waals surface area contributed by atoms with Gasteiger partial charge in [0.15, 0.2) is 0 Å². The third kappa shape index (κ3) is 2.72. The standard InChI is InChI=1S/C11H4F6NO/c12-10(13,14)6-1-2-8(11(15,16)17)7(5-6)9-18-3-4-19-9/h1-2,4-5H. The zero-order chi connectivity index (χ0) is 14.3. The lowest BCUT2D eigenvalue weighted by molar-refractivity contribution is -0.141. The zero-order valence-corrected chi connectivity index (χ0v) is 8.93. The molecule has 2 rings (SSSR count). The fourth-order valence-electron chi connectivity index (χ4n) is 1.46. The SMILES string of the molecule is FC(F)(F)c1ccc(C(F)(F)F)c(-c2n[c]co2)c1. The van der Waals surface area contributed by atoms with Gasteiger partial charge in [0.05, 0.1) is 11.1 Å². The Morgan fingerprint density at radius 1 is 1.00 bits per heavy atom. The van der Waals surface area contributed by atoms with Crippen LogP contribution in [0.15, 0.2) is 28.9 Å². The van der Waals surface area contributed by atoms with E-state index in [1.165, 1.54) is 0 Å². The number of hydrogen-bond acceptors (Lipinski definition) is 2. The maximum Gasteiger partial charge on any atom is 0.417 e. The fourth-order valence-corrected chi connectivity index (χ4v) is 1.46. The molecule has 19 heavy (non-hydrogen) atoms. The van der Waals surface area contributed by atoms with E-state index in [0.717, 1.165) is 6.26 Å². The van der Waals surface area contributed by atoms with E-state index in [-0.39, 0.29) is 0 Å². The number of rotatable bonds is 1. The minimum atomic E-state index is -4.81. The van der Waals surface area contributed by atoms with Crippen molar-refractivity contribution in [2.75, 3.05) is 0 Å². The molecule has 0 fully saturated rings. The van der Waals surface area contributed by atoms with E-state index in [1.54, 1.807) is 0 Å². The third-order valence-corrected chi connectivity index (χ3v) is 2.27. The van der Waals surface area contributed by atoms with Crippen molar-refractivity contribution in [3.63, 3.8) is 0 Å². The summed E-state index contributed by atoms with van der Waals surface area (Å²) >= 11 is 0. The second-order valence-electron chi connectivity index (χ2n) is 3.54. The molecule has 0 aliphatic rings. The first-order chi connectivity index (χ1) is 8.69. The largest absolute Gasteiger partial charge is 0.444 e. The van der Waals surface area contributed by atoms with Crippen LogP contribution in [0.2, 0.25) is 0 Å². The van der Waals surface area contributed by atoms with Gasteiger partial charge in [0.25, 0.3) is 0 Å². The Bertz CT molecular complexity index is 570. The summed E-state index contributed by atoms with van der Waals surface area (Å²) in [5.74, 6) is -0.571. The van der Waals surface area contributed by atoms with Crippen LogP contribution in [0.3, 0.4) is 0 Å². The van der Waals surface area contributed by atoms with Crippen molar-refractivity contribution in [1.29, 1.82) is 0 Å². The van der Waals surface area contributed by atoms with Crippen LogP contribution in [-0.2, 0) is 12.4 Å². The number of oxazole rings is 1. The molecule has 0 unspecified atom stereocenters. The number of alkyl halides is 6. The Labute approximate surface area is 102 Å². The van der Waals surface area contributed by atoms with Gasteiger partial charge in [-0.05, 0) is 18.2 Å². The molecule has 2 nitrogen and oxygen atoms in total. The van der Waals surface area contributed by atoms with E-state index in [9.17, 15) is 26.3 Å². The van der Waals surface area contributed by atoms with Gasteiger partial charge in [-0.25, -0.2) is 4.98 Å². The molecule has 0 aliphatic heterocycles. The number of benzene rings is 1. The van der Waals surface area contributed by atoms with Gasteiger partial charge in [0.1, 0.15) is 12.5 Å². The molecule has 0 N–H and O–H groups in total. The molecule has 1 aromatic carbocycles. The lowest BCUT2D eigenvalue weighted by Gasteiger charge is -2.13. The molecule has 1 heterocycles. The van der Waals surface area contributed by atoms with E-state index in [2.05, 4.69) is 15.6 Å². The van der Waals surface area contributed by atoms with Gasteiger partial charge in [0.2, 0.25) is 5.89 Å². The van der Waals surface area contributed by atoms with Gasteiger partial charge >= 0.3 is 12.4 Å². The van der Waals surface area contributed by atoms with E-state index in [1.807, 2.05) is 0 Å². The Balaban J connectivity index is 2.65. The summed E-state index contributed by atoms with van der Waals surface area (Å²) in [6, 6.07) is 1.06. The second kappa shape index (κ2) is 4.29. The lowest BCUT2D eigenvalue weighted by atomic mass is 10.0. The minimum absolute atomic E-state index is 0.350. The Hall–Kier alpha value is -1.99. The summed E-state index contributed by atoms with van der Waals surface area (Å²) in [6.07, 6.45) is -6.61. The smallest absolute Gasteiger partial charge is 0.417 e. The summed E-state index contributed by atoms with van der Waals surface area (Å²) < 4.78 is 80.2. The van der Waals surface area contributed by atoms with E-state index >= 15 is 0 Å². The maximum atomic E-state index is 12.7. The maximum absolute atomic E-state index is 12.7. The van der Waals surface area contributed by atoms with Gasteiger partial charge in [-0.2, -0.15) is 26.3 Å². The van der Waals surface area contributed by atoms with Crippen LogP contribution >= 0.6 is 0 Å². The van der Waals surface area contributed by atoms with Crippen LogP contribution in [0.1, 0.15) is 11.1 Å². The molecule has 8 heteroatoms. The average Bonchev–Trinajstić information content (AvgIpc) is 2.79. The van der Waals surface area contributed by atoms with Crippen molar-refractivity contribution in [2.24, 2.45) is 0 Å². The minimum Gasteiger partial charge on any atom is -0.444 e. The molecule has 0 bridgehead atoms. The predicted octanol–water partition coefficient (Wildman–Crippen LogP) is 4.18. The van der Waals surface area contributed by atoms with Crippen molar-refractivity contribution >= 4 is 0 Å². The molecular weight excluding hydrogens is 276 g/mol. The van der Waals surface area contributed by atoms with Gasteiger partial charge in [-0.15, -0.1) is 0 Å². The highest BCUT2D eigenvalue weighted by molar-refractivity contribution is 5.61. The predicted molar refractivity (Wildman–Crippen MR) is 50.8 cm³/mol. The third-order valence-electron chi connectivity index (χ3n) is 2.27. The first-order valence-corrected chi connectivity index (χ1v) is 4.80. The van der Waals surface area contributed by atoms with Crippen LogP contribution < -0.4 is 0 Å². The normalized spacial score (nSPS) is 12.7. The summed E-state index contributed by atoms with van der Waals surface area (Å²) in [7, 11) is 0. The van der Waals surface area contributed by atoms with E-state index in [0.29, 0.717) is 18.2 Å². The van der Waals surface area contributed by atoms with Gasteiger partial charge in [-0.3, -0.25) is 0 Å². The molecule has 101 valence electrons. The number of halogens is 6. The highest BCUT2D eigenvalue weighted by Gasteiger charge is 2.38. The second-order valence-corrected chi connectivity index (χ2v) is 3.54. The number of hydrogen-bond donors (Lipinski definition) is 0. The van der Waals surface area contributed by atoms with Crippen molar-refractivity contribution < 1.29 is 30.8 Å². The van der Waals surface area contributed by atoms with Crippen LogP contribution in [0, 0.1) is 6.20 Å². The number of aromatic nitrogens is 1. The van der Waals surface area contributed by atoms with Crippen molar-refractivity contribution in [3.05, 3.63) is 41.8 Å². The zero-order valence-electron chi connectivity index (χ0n) is 8.93. The van der Waals surface area contributed by atoms with Gasteiger partial charge in [-0.1, -0.05) is 0 Å².